The SMILES string of the molecule is CC(C)(C)[Si](C)(C)C1(/C=C/c2ccccc2)SCCCS1. The van der Waals surface area contributed by atoms with Crippen molar-refractivity contribution in [2.75, 3.05) is 11.5 Å². The summed E-state index contributed by atoms with van der Waals surface area (Å²) in [4.78, 5) is 0. The number of hydrogen-bond donors (Lipinski definition) is 0. The maximum absolute atomic E-state index is 2.58. The molecule has 0 bridgehead atoms. The van der Waals surface area contributed by atoms with E-state index in [4.69, 9.17) is 0 Å². The fourth-order valence-electron chi connectivity index (χ4n) is 2.51. The lowest BCUT2D eigenvalue weighted by molar-refractivity contribution is 0.713. The fourth-order valence-corrected chi connectivity index (χ4v) is 11.9. The third kappa shape index (κ3) is 3.62. The average Bonchev–Trinajstić information content (AvgIpc) is 2.46. The molecule has 0 radical (unpaired) electrons. The van der Waals surface area contributed by atoms with Crippen molar-refractivity contribution in [3.8, 4) is 0 Å². The van der Waals surface area contributed by atoms with E-state index < -0.39 is 8.07 Å². The van der Waals surface area contributed by atoms with Crippen LogP contribution < -0.4 is 0 Å². The van der Waals surface area contributed by atoms with Crippen LogP contribution >= 0.6 is 23.5 Å². The second-order valence-electron chi connectivity index (χ2n) is 7.34. The summed E-state index contributed by atoms with van der Waals surface area (Å²) in [5, 5.41) is 0.408. The van der Waals surface area contributed by atoms with Crippen LogP contribution in [0.2, 0.25) is 18.1 Å². The molecular weight excluding hydrogens is 308 g/mol. The van der Waals surface area contributed by atoms with Crippen LogP contribution in [0.3, 0.4) is 0 Å². The zero-order valence-corrected chi connectivity index (χ0v) is 16.6. The zero-order chi connectivity index (χ0) is 15.6. The Kier molecular flexibility index (Phi) is 5.38. The third-order valence-corrected chi connectivity index (χ3v) is 17.4. The molecule has 3 heteroatoms. The molecule has 1 aromatic rings. The molecular formula is C18H28S2Si. The summed E-state index contributed by atoms with van der Waals surface area (Å²) in [7, 11) is -1.47. The molecule has 0 saturated carbocycles. The number of benzene rings is 1. The standard InChI is InChI=1S/C18H28S2Si/c1-17(2,3)21(4,5)18(19-14-9-15-20-18)13-12-16-10-7-6-8-11-16/h6-8,10-13H,9,14-15H2,1-5H3/b13-12+. The van der Waals surface area contributed by atoms with Gasteiger partial charge in [0, 0.05) is 0 Å². The Hall–Kier alpha value is -0.123. The van der Waals surface area contributed by atoms with Crippen molar-refractivity contribution in [1.82, 2.24) is 0 Å². The van der Waals surface area contributed by atoms with E-state index in [1.165, 1.54) is 23.5 Å². The van der Waals surface area contributed by atoms with Crippen LogP contribution in [0.4, 0.5) is 0 Å². The molecule has 1 aliphatic rings. The van der Waals surface area contributed by atoms with Gasteiger partial charge in [-0.05, 0) is 28.5 Å². The van der Waals surface area contributed by atoms with Gasteiger partial charge in [-0.3, -0.25) is 0 Å². The van der Waals surface area contributed by atoms with Gasteiger partial charge in [0.25, 0.3) is 0 Å². The van der Waals surface area contributed by atoms with Gasteiger partial charge in [-0.15, -0.1) is 23.5 Å². The Morgan fingerprint density at radius 1 is 1.05 bits per heavy atom. The zero-order valence-electron chi connectivity index (χ0n) is 14.0. The van der Waals surface area contributed by atoms with Crippen LogP contribution in [-0.4, -0.2) is 23.3 Å². The molecule has 0 atom stereocenters. The van der Waals surface area contributed by atoms with Gasteiger partial charge in [0.2, 0.25) is 0 Å². The molecule has 0 aromatic heterocycles. The largest absolute Gasteiger partial charge is 0.144 e. The van der Waals surface area contributed by atoms with Crippen LogP contribution in [0.1, 0.15) is 32.8 Å². The summed E-state index contributed by atoms with van der Waals surface area (Å²) in [6.45, 7) is 12.5. The lowest BCUT2D eigenvalue weighted by Gasteiger charge is -2.51. The summed E-state index contributed by atoms with van der Waals surface area (Å²) in [6.07, 6.45) is 6.24. The van der Waals surface area contributed by atoms with Gasteiger partial charge in [-0.25, -0.2) is 0 Å². The first-order valence-electron chi connectivity index (χ1n) is 7.81. The Morgan fingerprint density at radius 3 is 2.14 bits per heavy atom. The van der Waals surface area contributed by atoms with Gasteiger partial charge in [0.05, 0.1) is 11.8 Å². The summed E-state index contributed by atoms with van der Waals surface area (Å²) in [5.74, 6) is 2.61. The second-order valence-corrected chi connectivity index (χ2v) is 16.5. The first kappa shape index (κ1) is 17.2. The molecule has 0 spiro atoms. The van der Waals surface area contributed by atoms with Crippen LogP contribution in [0.5, 0.6) is 0 Å². The van der Waals surface area contributed by atoms with Gasteiger partial charge < -0.3 is 0 Å². The highest BCUT2D eigenvalue weighted by atomic mass is 32.2. The predicted molar refractivity (Wildman–Crippen MR) is 105 cm³/mol. The molecule has 1 fully saturated rings. The first-order valence-corrected chi connectivity index (χ1v) is 12.8. The highest BCUT2D eigenvalue weighted by Crippen LogP contribution is 2.57. The fraction of sp³-hybridized carbons (Fsp3) is 0.556. The Bertz CT molecular complexity index is 480. The smallest absolute Gasteiger partial charge is 0.0884 e. The van der Waals surface area contributed by atoms with Crippen molar-refractivity contribution in [3.05, 3.63) is 42.0 Å². The van der Waals surface area contributed by atoms with E-state index in [0.717, 1.165) is 0 Å². The van der Waals surface area contributed by atoms with Crippen molar-refractivity contribution in [3.63, 3.8) is 0 Å². The quantitative estimate of drug-likeness (QED) is 0.593. The highest BCUT2D eigenvalue weighted by Gasteiger charge is 2.53. The number of hydrogen-bond acceptors (Lipinski definition) is 2. The number of rotatable bonds is 3. The molecule has 1 saturated heterocycles. The maximum Gasteiger partial charge on any atom is 0.0884 e. The molecule has 0 unspecified atom stereocenters. The van der Waals surface area contributed by atoms with Crippen molar-refractivity contribution < 1.29 is 0 Å². The second kappa shape index (κ2) is 6.55. The van der Waals surface area contributed by atoms with E-state index in [1.54, 1.807) is 0 Å². The van der Waals surface area contributed by atoms with E-state index in [1.807, 2.05) is 0 Å². The van der Waals surface area contributed by atoms with E-state index in [9.17, 15) is 0 Å². The Balaban J connectivity index is 2.36. The summed E-state index contributed by atoms with van der Waals surface area (Å²) >= 11 is 4.40. The number of thioether (sulfide) groups is 2. The monoisotopic (exact) mass is 336 g/mol. The summed E-state index contributed by atoms with van der Waals surface area (Å²) in [5.41, 5.74) is 1.32. The van der Waals surface area contributed by atoms with Crippen molar-refractivity contribution >= 4 is 37.7 Å². The minimum atomic E-state index is -1.47. The minimum absolute atomic E-state index is 0.305. The minimum Gasteiger partial charge on any atom is -0.144 e. The van der Waals surface area contributed by atoms with E-state index in [-0.39, 0.29) is 0 Å². The highest BCUT2D eigenvalue weighted by molar-refractivity contribution is 8.21. The molecule has 1 heterocycles. The van der Waals surface area contributed by atoms with E-state index in [2.05, 4.69) is 99.9 Å². The van der Waals surface area contributed by atoms with Crippen molar-refractivity contribution in [2.45, 2.75) is 49.0 Å². The average molecular weight is 337 g/mol. The lowest BCUT2D eigenvalue weighted by Crippen LogP contribution is -2.55. The molecule has 1 aliphatic heterocycles. The molecule has 0 N–H and O–H groups in total. The molecule has 0 aliphatic carbocycles. The molecule has 1 aromatic carbocycles. The van der Waals surface area contributed by atoms with E-state index in [0.29, 0.717) is 8.74 Å². The van der Waals surface area contributed by atoms with E-state index >= 15 is 0 Å². The topological polar surface area (TPSA) is 0 Å². The molecule has 0 nitrogen and oxygen atoms in total. The third-order valence-electron chi connectivity index (χ3n) is 4.96. The summed E-state index contributed by atoms with van der Waals surface area (Å²) < 4.78 is 0.305. The molecule has 21 heavy (non-hydrogen) atoms. The van der Waals surface area contributed by atoms with Gasteiger partial charge in [-0.2, -0.15) is 0 Å². The molecule has 0 amide bonds. The summed E-state index contributed by atoms with van der Waals surface area (Å²) in [6, 6.07) is 10.7. The molecule has 116 valence electrons. The maximum atomic E-state index is 2.58. The van der Waals surface area contributed by atoms with Crippen molar-refractivity contribution in [1.29, 1.82) is 0 Å². The molecule has 2 rings (SSSR count). The van der Waals surface area contributed by atoms with Gasteiger partial charge in [0.1, 0.15) is 0 Å². The van der Waals surface area contributed by atoms with Crippen molar-refractivity contribution in [2.24, 2.45) is 0 Å². The lowest BCUT2D eigenvalue weighted by atomic mass is 10.2. The van der Waals surface area contributed by atoms with Gasteiger partial charge >= 0.3 is 0 Å². The Labute approximate surface area is 140 Å². The Morgan fingerprint density at radius 2 is 1.62 bits per heavy atom. The van der Waals surface area contributed by atoms with Gasteiger partial charge in [-0.1, -0.05) is 76.3 Å². The van der Waals surface area contributed by atoms with Crippen LogP contribution in [0.15, 0.2) is 36.4 Å². The van der Waals surface area contributed by atoms with Gasteiger partial charge in [0.15, 0.2) is 0 Å². The first-order chi connectivity index (χ1) is 9.79. The predicted octanol–water partition coefficient (Wildman–Crippen LogP) is 6.31. The van der Waals surface area contributed by atoms with Crippen LogP contribution in [0.25, 0.3) is 6.08 Å². The van der Waals surface area contributed by atoms with Crippen LogP contribution in [0, 0.1) is 0 Å². The van der Waals surface area contributed by atoms with Crippen LogP contribution in [-0.2, 0) is 0 Å². The normalized spacial score (nSPS) is 19.9.